The number of aryl methyl sites for hydroxylation is 1. The molecule has 0 bridgehead atoms. The number of carbonyl (C=O) groups excluding carboxylic acids is 1. The van der Waals surface area contributed by atoms with Crippen molar-refractivity contribution in [3.63, 3.8) is 0 Å². The smallest absolute Gasteiger partial charge is 0.140 e. The predicted octanol–water partition coefficient (Wildman–Crippen LogP) is 4.71. The molecule has 2 heteroatoms. The molecule has 1 heterocycles. The molecule has 0 aromatic carbocycles. The van der Waals surface area contributed by atoms with Crippen LogP contribution in [-0.4, -0.2) is 5.78 Å². The lowest BCUT2D eigenvalue weighted by Crippen LogP contribution is -2.21. The van der Waals surface area contributed by atoms with E-state index in [1.165, 1.54) is 55.4 Å². The van der Waals surface area contributed by atoms with Crippen LogP contribution in [0.25, 0.3) is 0 Å². The Balaban J connectivity index is 1.66. The molecule has 0 amide bonds. The SMILES string of the molecule is O=C(CC1CCCCC1)C1CCCc2sccc21. The zero-order valence-corrected chi connectivity index (χ0v) is 11.8. The maximum atomic E-state index is 12.5. The van der Waals surface area contributed by atoms with Gasteiger partial charge in [-0.15, -0.1) is 11.3 Å². The number of hydrogen-bond acceptors (Lipinski definition) is 2. The Morgan fingerprint density at radius 2 is 2.00 bits per heavy atom. The second kappa shape index (κ2) is 5.56. The van der Waals surface area contributed by atoms with Crippen LogP contribution in [0, 0.1) is 5.92 Å². The molecule has 0 aliphatic heterocycles. The van der Waals surface area contributed by atoms with Crippen LogP contribution in [0.1, 0.15) is 67.7 Å². The lowest BCUT2D eigenvalue weighted by Gasteiger charge is -2.25. The summed E-state index contributed by atoms with van der Waals surface area (Å²) in [6.07, 6.45) is 11.0. The van der Waals surface area contributed by atoms with Crippen molar-refractivity contribution < 1.29 is 4.79 Å². The van der Waals surface area contributed by atoms with Gasteiger partial charge in [-0.25, -0.2) is 0 Å². The Hall–Kier alpha value is -0.630. The van der Waals surface area contributed by atoms with Crippen molar-refractivity contribution in [1.82, 2.24) is 0 Å². The molecule has 18 heavy (non-hydrogen) atoms. The largest absolute Gasteiger partial charge is 0.299 e. The van der Waals surface area contributed by atoms with E-state index in [1.54, 1.807) is 0 Å². The Bertz CT molecular complexity index is 414. The highest BCUT2D eigenvalue weighted by Crippen LogP contribution is 2.37. The average Bonchev–Trinajstić information content (AvgIpc) is 2.87. The van der Waals surface area contributed by atoms with Crippen LogP contribution in [0.15, 0.2) is 11.4 Å². The van der Waals surface area contributed by atoms with Crippen molar-refractivity contribution in [3.8, 4) is 0 Å². The fourth-order valence-corrected chi connectivity index (χ4v) is 4.63. The third kappa shape index (κ3) is 2.54. The Kier molecular flexibility index (Phi) is 3.83. The first-order valence-electron chi connectivity index (χ1n) is 7.43. The number of fused-ring (bicyclic) bond motifs is 1. The molecule has 1 nitrogen and oxygen atoms in total. The van der Waals surface area contributed by atoms with E-state index in [0.717, 1.165) is 12.8 Å². The minimum atomic E-state index is 0.238. The normalized spacial score (nSPS) is 24.8. The highest BCUT2D eigenvalue weighted by molar-refractivity contribution is 7.10. The van der Waals surface area contributed by atoms with Crippen LogP contribution in [0.3, 0.4) is 0 Å². The summed E-state index contributed by atoms with van der Waals surface area (Å²) in [4.78, 5) is 14.0. The number of hydrogen-bond donors (Lipinski definition) is 0. The van der Waals surface area contributed by atoms with Gasteiger partial charge in [0.2, 0.25) is 0 Å². The third-order valence-electron chi connectivity index (χ3n) is 4.66. The molecule has 0 saturated heterocycles. The van der Waals surface area contributed by atoms with Gasteiger partial charge in [0.05, 0.1) is 0 Å². The van der Waals surface area contributed by atoms with Gasteiger partial charge >= 0.3 is 0 Å². The summed E-state index contributed by atoms with van der Waals surface area (Å²) in [6, 6.07) is 2.20. The number of ketones is 1. The number of carbonyl (C=O) groups is 1. The van der Waals surface area contributed by atoms with Crippen molar-refractivity contribution >= 4 is 17.1 Å². The van der Waals surface area contributed by atoms with E-state index in [0.29, 0.717) is 11.7 Å². The van der Waals surface area contributed by atoms with E-state index in [-0.39, 0.29) is 5.92 Å². The summed E-state index contributed by atoms with van der Waals surface area (Å²) >= 11 is 1.84. The van der Waals surface area contributed by atoms with Gasteiger partial charge in [0.25, 0.3) is 0 Å². The molecule has 1 aromatic heterocycles. The van der Waals surface area contributed by atoms with E-state index in [9.17, 15) is 4.79 Å². The highest BCUT2D eigenvalue weighted by Gasteiger charge is 2.29. The summed E-state index contributed by atoms with van der Waals surface area (Å²) in [5, 5.41) is 2.16. The maximum absolute atomic E-state index is 12.5. The monoisotopic (exact) mass is 262 g/mol. The molecule has 2 aliphatic carbocycles. The molecule has 1 unspecified atom stereocenters. The number of thiophene rings is 1. The van der Waals surface area contributed by atoms with Gasteiger partial charge in [-0.3, -0.25) is 4.79 Å². The molecule has 0 spiro atoms. The van der Waals surface area contributed by atoms with Crippen molar-refractivity contribution in [2.24, 2.45) is 5.92 Å². The van der Waals surface area contributed by atoms with Crippen LogP contribution in [0.5, 0.6) is 0 Å². The van der Waals surface area contributed by atoms with E-state index in [1.807, 2.05) is 11.3 Å². The van der Waals surface area contributed by atoms with Gasteiger partial charge < -0.3 is 0 Å². The quantitative estimate of drug-likeness (QED) is 0.771. The highest BCUT2D eigenvalue weighted by atomic mass is 32.1. The number of rotatable bonds is 3. The van der Waals surface area contributed by atoms with Crippen LogP contribution >= 0.6 is 11.3 Å². The van der Waals surface area contributed by atoms with Crippen molar-refractivity contribution in [1.29, 1.82) is 0 Å². The standard InChI is InChI=1S/C16H22OS/c17-15(11-12-5-2-1-3-6-12)13-7-4-8-16-14(13)9-10-18-16/h9-10,12-13H,1-8,11H2. The average molecular weight is 262 g/mol. The van der Waals surface area contributed by atoms with Gasteiger partial charge in [-0.1, -0.05) is 32.1 Å². The summed E-state index contributed by atoms with van der Waals surface area (Å²) in [7, 11) is 0. The molecule has 0 N–H and O–H groups in total. The Morgan fingerprint density at radius 1 is 1.17 bits per heavy atom. The zero-order chi connectivity index (χ0) is 12.4. The summed E-state index contributed by atoms with van der Waals surface area (Å²) in [6.45, 7) is 0. The minimum Gasteiger partial charge on any atom is -0.299 e. The van der Waals surface area contributed by atoms with Crippen molar-refractivity contribution in [3.05, 3.63) is 21.9 Å². The molecule has 1 saturated carbocycles. The van der Waals surface area contributed by atoms with Crippen LogP contribution in [0.2, 0.25) is 0 Å². The fraction of sp³-hybridized carbons (Fsp3) is 0.688. The van der Waals surface area contributed by atoms with E-state index in [2.05, 4.69) is 11.4 Å². The molecule has 1 atom stereocenters. The minimum absolute atomic E-state index is 0.238. The first-order chi connectivity index (χ1) is 8.84. The summed E-state index contributed by atoms with van der Waals surface area (Å²) < 4.78 is 0. The van der Waals surface area contributed by atoms with Gasteiger partial charge in [-0.05, 0) is 42.2 Å². The predicted molar refractivity (Wildman–Crippen MR) is 76.2 cm³/mol. The second-order valence-electron chi connectivity index (χ2n) is 5.92. The van der Waals surface area contributed by atoms with Crippen LogP contribution in [-0.2, 0) is 11.2 Å². The van der Waals surface area contributed by atoms with E-state index < -0.39 is 0 Å². The Labute approximate surface area is 114 Å². The molecule has 98 valence electrons. The molecular formula is C16H22OS. The number of Topliss-reactive ketones (excluding diaryl/α,β-unsaturated/α-hetero) is 1. The molecule has 3 rings (SSSR count). The summed E-state index contributed by atoms with van der Waals surface area (Å²) in [5.74, 6) is 1.46. The van der Waals surface area contributed by atoms with Crippen molar-refractivity contribution in [2.45, 2.75) is 63.7 Å². The summed E-state index contributed by atoms with van der Waals surface area (Å²) in [5.41, 5.74) is 1.37. The Morgan fingerprint density at radius 3 is 2.83 bits per heavy atom. The van der Waals surface area contributed by atoms with Crippen molar-refractivity contribution in [2.75, 3.05) is 0 Å². The zero-order valence-electron chi connectivity index (χ0n) is 11.0. The fourth-order valence-electron chi connectivity index (χ4n) is 3.64. The van der Waals surface area contributed by atoms with Crippen LogP contribution in [0.4, 0.5) is 0 Å². The lowest BCUT2D eigenvalue weighted by atomic mass is 9.79. The van der Waals surface area contributed by atoms with E-state index >= 15 is 0 Å². The van der Waals surface area contributed by atoms with Gasteiger partial charge in [0.15, 0.2) is 0 Å². The molecule has 2 aliphatic rings. The van der Waals surface area contributed by atoms with Gasteiger partial charge in [0, 0.05) is 17.2 Å². The third-order valence-corrected chi connectivity index (χ3v) is 5.65. The molecule has 0 radical (unpaired) electrons. The van der Waals surface area contributed by atoms with Gasteiger partial charge in [-0.2, -0.15) is 0 Å². The topological polar surface area (TPSA) is 17.1 Å². The maximum Gasteiger partial charge on any atom is 0.140 e. The van der Waals surface area contributed by atoms with Gasteiger partial charge in [0.1, 0.15) is 5.78 Å². The first-order valence-corrected chi connectivity index (χ1v) is 8.31. The first kappa shape index (κ1) is 12.4. The molecule has 1 aromatic rings. The lowest BCUT2D eigenvalue weighted by molar-refractivity contribution is -0.121. The molecular weight excluding hydrogens is 240 g/mol. The molecule has 1 fully saturated rings. The van der Waals surface area contributed by atoms with E-state index in [4.69, 9.17) is 0 Å². The van der Waals surface area contributed by atoms with Crippen LogP contribution < -0.4 is 0 Å². The second-order valence-corrected chi connectivity index (χ2v) is 6.92.